The molecular weight excluding hydrogens is 310 g/mol. The first-order chi connectivity index (χ1) is 11.5. The van der Waals surface area contributed by atoms with Gasteiger partial charge in [0.15, 0.2) is 6.61 Å². The van der Waals surface area contributed by atoms with Crippen LogP contribution in [0.4, 0.5) is 5.69 Å². The molecule has 0 aromatic heterocycles. The monoisotopic (exact) mass is 329 g/mol. The van der Waals surface area contributed by atoms with Gasteiger partial charge in [0.25, 0.3) is 5.91 Å². The summed E-state index contributed by atoms with van der Waals surface area (Å²) in [6, 6.07) is 7.38. The van der Waals surface area contributed by atoms with Crippen LogP contribution in [-0.4, -0.2) is 30.6 Å². The molecule has 6 nitrogen and oxygen atoms in total. The molecule has 3 aliphatic rings. The molecule has 4 rings (SSSR count). The van der Waals surface area contributed by atoms with Crippen molar-refractivity contribution < 1.29 is 23.9 Å². The molecule has 6 heteroatoms. The Morgan fingerprint density at radius 1 is 1.33 bits per heavy atom. The number of fused-ring (bicyclic) bond motifs is 1. The van der Waals surface area contributed by atoms with Gasteiger partial charge in [-0.2, -0.15) is 0 Å². The van der Waals surface area contributed by atoms with E-state index in [-0.39, 0.29) is 42.3 Å². The number of aryl methyl sites for hydroxylation is 1. The highest BCUT2D eigenvalue weighted by molar-refractivity contribution is 5.93. The van der Waals surface area contributed by atoms with Crippen molar-refractivity contribution in [2.45, 2.75) is 25.9 Å². The van der Waals surface area contributed by atoms with Crippen molar-refractivity contribution in [3.05, 3.63) is 29.8 Å². The Hall–Kier alpha value is -2.37. The van der Waals surface area contributed by atoms with Crippen molar-refractivity contribution >= 4 is 23.5 Å². The maximum Gasteiger partial charge on any atom is 0.310 e. The van der Waals surface area contributed by atoms with Crippen LogP contribution >= 0.6 is 0 Å². The van der Waals surface area contributed by atoms with E-state index in [0.29, 0.717) is 5.69 Å². The first-order valence-corrected chi connectivity index (χ1v) is 8.26. The van der Waals surface area contributed by atoms with Gasteiger partial charge in [0, 0.05) is 11.6 Å². The summed E-state index contributed by atoms with van der Waals surface area (Å²) in [5.74, 6) is -1.65. The van der Waals surface area contributed by atoms with E-state index in [9.17, 15) is 14.4 Å². The lowest BCUT2D eigenvalue weighted by molar-refractivity contribution is -0.157. The van der Waals surface area contributed by atoms with Crippen LogP contribution < -0.4 is 5.32 Å². The zero-order valence-electron chi connectivity index (χ0n) is 13.4. The number of ether oxygens (including phenoxy) is 2. The number of esters is 2. The molecular formula is C18H19NO5. The van der Waals surface area contributed by atoms with Crippen molar-refractivity contribution in [3.8, 4) is 0 Å². The van der Waals surface area contributed by atoms with E-state index in [1.54, 1.807) is 6.07 Å². The second-order valence-corrected chi connectivity index (χ2v) is 6.95. The summed E-state index contributed by atoms with van der Waals surface area (Å²) in [7, 11) is 0. The van der Waals surface area contributed by atoms with Crippen LogP contribution in [0.1, 0.15) is 18.4 Å². The Morgan fingerprint density at radius 3 is 2.96 bits per heavy atom. The molecule has 24 heavy (non-hydrogen) atoms. The van der Waals surface area contributed by atoms with Gasteiger partial charge in [0.1, 0.15) is 6.10 Å². The van der Waals surface area contributed by atoms with Crippen LogP contribution in [0, 0.1) is 30.6 Å². The standard InChI is InChI=1S/C18H19NO5/c1-9-3-2-4-11(5-9)19-14(20)8-23-17(21)15-10-6-12-13(7-10)24-18(22)16(12)15/h2-5,10,12-13,15-16H,6-8H2,1H3,(H,19,20)/t10-,12+,13-,15+,16+/m1/s1. The average Bonchev–Trinajstić information content (AvgIpc) is 3.14. The number of benzene rings is 1. The van der Waals surface area contributed by atoms with Gasteiger partial charge in [0.2, 0.25) is 0 Å². The zero-order valence-corrected chi connectivity index (χ0v) is 13.4. The molecule has 1 saturated heterocycles. The lowest BCUT2D eigenvalue weighted by Gasteiger charge is -2.22. The molecule has 1 N–H and O–H groups in total. The molecule has 5 atom stereocenters. The summed E-state index contributed by atoms with van der Waals surface area (Å²) in [6.07, 6.45) is 1.57. The third-order valence-corrected chi connectivity index (χ3v) is 5.40. The molecule has 126 valence electrons. The normalized spacial score (nSPS) is 32.5. The number of hydrogen-bond acceptors (Lipinski definition) is 5. The zero-order chi connectivity index (χ0) is 16.8. The smallest absolute Gasteiger partial charge is 0.310 e. The molecule has 1 amide bonds. The summed E-state index contributed by atoms with van der Waals surface area (Å²) in [5, 5.41) is 2.70. The Morgan fingerprint density at radius 2 is 2.17 bits per heavy atom. The molecule has 2 bridgehead atoms. The molecule has 0 spiro atoms. The largest absolute Gasteiger partial charge is 0.462 e. The summed E-state index contributed by atoms with van der Waals surface area (Å²) in [5.41, 5.74) is 1.69. The van der Waals surface area contributed by atoms with Crippen LogP contribution in [0.15, 0.2) is 24.3 Å². The van der Waals surface area contributed by atoms with Crippen molar-refractivity contribution in [1.29, 1.82) is 0 Å². The van der Waals surface area contributed by atoms with Crippen LogP contribution in [0.25, 0.3) is 0 Å². The fraction of sp³-hybridized carbons (Fsp3) is 0.500. The van der Waals surface area contributed by atoms with Gasteiger partial charge in [0.05, 0.1) is 11.8 Å². The predicted molar refractivity (Wildman–Crippen MR) is 83.8 cm³/mol. The second kappa shape index (κ2) is 5.61. The third kappa shape index (κ3) is 2.46. The first kappa shape index (κ1) is 15.2. The van der Waals surface area contributed by atoms with E-state index in [4.69, 9.17) is 9.47 Å². The average molecular weight is 329 g/mol. The van der Waals surface area contributed by atoms with Gasteiger partial charge >= 0.3 is 11.9 Å². The van der Waals surface area contributed by atoms with Crippen LogP contribution in [0.2, 0.25) is 0 Å². The molecule has 1 aromatic rings. The molecule has 0 unspecified atom stereocenters. The maximum absolute atomic E-state index is 12.4. The van der Waals surface area contributed by atoms with E-state index >= 15 is 0 Å². The lowest BCUT2D eigenvalue weighted by Crippen LogP contribution is -2.34. The SMILES string of the molecule is Cc1cccc(NC(=O)COC(=O)[C@H]2[C@@H]3C[C@@H]4[C@@H]2C(=O)O[C@@H]4C3)c1. The van der Waals surface area contributed by atoms with Gasteiger partial charge in [-0.3, -0.25) is 14.4 Å². The van der Waals surface area contributed by atoms with E-state index in [1.807, 2.05) is 25.1 Å². The fourth-order valence-corrected chi connectivity index (χ4v) is 4.48. The highest BCUT2D eigenvalue weighted by atomic mass is 16.6. The number of carbonyl (C=O) groups excluding carboxylic acids is 3. The topological polar surface area (TPSA) is 81.7 Å². The van der Waals surface area contributed by atoms with E-state index in [1.165, 1.54) is 0 Å². The lowest BCUT2D eigenvalue weighted by atomic mass is 9.80. The number of anilines is 1. The Bertz CT molecular complexity index is 713. The van der Waals surface area contributed by atoms with E-state index in [0.717, 1.165) is 18.4 Å². The van der Waals surface area contributed by atoms with Crippen LogP contribution in [0.5, 0.6) is 0 Å². The fourth-order valence-electron chi connectivity index (χ4n) is 4.48. The van der Waals surface area contributed by atoms with Crippen molar-refractivity contribution in [2.24, 2.45) is 23.7 Å². The quantitative estimate of drug-likeness (QED) is 0.850. The predicted octanol–water partition coefficient (Wildman–Crippen LogP) is 1.67. The van der Waals surface area contributed by atoms with Crippen LogP contribution in [0.3, 0.4) is 0 Å². The number of amides is 1. The Kier molecular flexibility index (Phi) is 3.55. The number of nitrogens with one attached hydrogen (secondary N) is 1. The summed E-state index contributed by atoms with van der Waals surface area (Å²) in [6.45, 7) is 1.59. The van der Waals surface area contributed by atoms with Crippen molar-refractivity contribution in [1.82, 2.24) is 0 Å². The molecule has 1 aromatic carbocycles. The molecule has 1 heterocycles. The van der Waals surface area contributed by atoms with Gasteiger partial charge in [-0.15, -0.1) is 0 Å². The number of rotatable bonds is 4. The third-order valence-electron chi connectivity index (χ3n) is 5.40. The Balaban J connectivity index is 1.34. The first-order valence-electron chi connectivity index (χ1n) is 8.26. The highest BCUT2D eigenvalue weighted by Crippen LogP contribution is 2.57. The van der Waals surface area contributed by atoms with E-state index < -0.39 is 11.9 Å². The number of carbonyl (C=O) groups is 3. The molecule has 2 aliphatic carbocycles. The van der Waals surface area contributed by atoms with Gasteiger partial charge < -0.3 is 14.8 Å². The second-order valence-electron chi connectivity index (χ2n) is 6.95. The van der Waals surface area contributed by atoms with Crippen LogP contribution in [-0.2, 0) is 23.9 Å². The minimum absolute atomic E-state index is 0.0128. The molecule has 1 aliphatic heterocycles. The summed E-state index contributed by atoms with van der Waals surface area (Å²) < 4.78 is 10.5. The van der Waals surface area contributed by atoms with Gasteiger partial charge in [-0.25, -0.2) is 0 Å². The van der Waals surface area contributed by atoms with Gasteiger partial charge in [-0.05, 0) is 43.4 Å². The van der Waals surface area contributed by atoms with Crippen molar-refractivity contribution in [2.75, 3.05) is 11.9 Å². The van der Waals surface area contributed by atoms with Gasteiger partial charge in [-0.1, -0.05) is 12.1 Å². The summed E-state index contributed by atoms with van der Waals surface area (Å²) >= 11 is 0. The Labute approximate surface area is 139 Å². The number of hydrogen-bond donors (Lipinski definition) is 1. The van der Waals surface area contributed by atoms with E-state index in [2.05, 4.69) is 5.32 Å². The molecule has 3 fully saturated rings. The maximum atomic E-state index is 12.4. The van der Waals surface area contributed by atoms with Crippen molar-refractivity contribution in [3.63, 3.8) is 0 Å². The summed E-state index contributed by atoms with van der Waals surface area (Å²) in [4.78, 5) is 36.2. The minimum Gasteiger partial charge on any atom is -0.462 e. The molecule has 0 radical (unpaired) electrons. The molecule has 2 saturated carbocycles. The minimum atomic E-state index is -0.454. The highest BCUT2D eigenvalue weighted by Gasteiger charge is 2.64.